The minimum Gasteiger partial charge on any atom is -0.370 e. The Morgan fingerprint density at radius 3 is 2.46 bits per heavy atom. The average Bonchev–Trinajstić information content (AvgIpc) is 3.05. The fourth-order valence-corrected chi connectivity index (χ4v) is 4.63. The van der Waals surface area contributed by atoms with Crippen LogP contribution < -0.4 is 10.0 Å². The van der Waals surface area contributed by atoms with Crippen LogP contribution in [0.1, 0.15) is 10.4 Å². The van der Waals surface area contributed by atoms with E-state index in [1.807, 2.05) is 6.92 Å². The molecule has 26 heavy (non-hydrogen) atoms. The largest absolute Gasteiger partial charge is 0.370 e. The summed E-state index contributed by atoms with van der Waals surface area (Å²) in [6.07, 6.45) is 2.20. The number of thiophene rings is 1. The van der Waals surface area contributed by atoms with Gasteiger partial charge in [-0.1, -0.05) is 12.1 Å². The molecule has 136 valence electrons. The second kappa shape index (κ2) is 7.84. The molecule has 0 aliphatic heterocycles. The summed E-state index contributed by atoms with van der Waals surface area (Å²) in [6, 6.07) is 13.1. The Balaban J connectivity index is 1.55. The topological polar surface area (TPSA) is 71.1 Å². The lowest BCUT2D eigenvalue weighted by Crippen LogP contribution is -2.12. The SMILES string of the molecule is Cc1ccc(S(=O)(=O)Nc2ccc(NCCc3ccc(F)cc3)nc2)s1. The van der Waals surface area contributed by atoms with Gasteiger partial charge in [0.15, 0.2) is 0 Å². The van der Waals surface area contributed by atoms with Gasteiger partial charge in [0.05, 0.1) is 11.9 Å². The van der Waals surface area contributed by atoms with Gasteiger partial charge in [-0.3, -0.25) is 4.72 Å². The molecule has 0 saturated carbocycles. The van der Waals surface area contributed by atoms with Crippen LogP contribution in [0.15, 0.2) is 58.9 Å². The summed E-state index contributed by atoms with van der Waals surface area (Å²) in [5.74, 6) is 0.390. The van der Waals surface area contributed by atoms with E-state index in [2.05, 4.69) is 15.0 Å². The normalized spacial score (nSPS) is 11.3. The Hall–Kier alpha value is -2.45. The van der Waals surface area contributed by atoms with Gasteiger partial charge in [-0.05, 0) is 55.3 Å². The van der Waals surface area contributed by atoms with E-state index in [1.165, 1.54) is 29.7 Å². The van der Waals surface area contributed by atoms with Gasteiger partial charge < -0.3 is 5.32 Å². The van der Waals surface area contributed by atoms with Crippen LogP contribution in [0.3, 0.4) is 0 Å². The van der Waals surface area contributed by atoms with Crippen LogP contribution >= 0.6 is 11.3 Å². The third-order valence-electron chi connectivity index (χ3n) is 3.63. The van der Waals surface area contributed by atoms with E-state index in [0.29, 0.717) is 18.1 Å². The monoisotopic (exact) mass is 391 g/mol. The summed E-state index contributed by atoms with van der Waals surface area (Å²) in [5, 5.41) is 3.15. The van der Waals surface area contributed by atoms with Gasteiger partial charge in [0.1, 0.15) is 15.8 Å². The number of aromatic nitrogens is 1. The summed E-state index contributed by atoms with van der Waals surface area (Å²) in [5.41, 5.74) is 1.43. The standard InChI is InChI=1S/C18H18FN3O2S2/c1-13-2-9-18(25-13)26(23,24)22-16-7-8-17(21-12-16)20-11-10-14-3-5-15(19)6-4-14/h2-9,12,22H,10-11H2,1H3,(H,20,21). The Labute approximate surface area is 156 Å². The molecular formula is C18H18FN3O2S2. The van der Waals surface area contributed by atoms with Gasteiger partial charge in [0.25, 0.3) is 10.0 Å². The van der Waals surface area contributed by atoms with Crippen molar-refractivity contribution in [3.8, 4) is 0 Å². The van der Waals surface area contributed by atoms with Crippen LogP contribution in [0.4, 0.5) is 15.9 Å². The van der Waals surface area contributed by atoms with Gasteiger partial charge in [0.2, 0.25) is 0 Å². The number of halogens is 1. The average molecular weight is 391 g/mol. The van der Waals surface area contributed by atoms with Gasteiger partial charge in [-0.2, -0.15) is 0 Å². The highest BCUT2D eigenvalue weighted by molar-refractivity contribution is 7.94. The number of hydrogen-bond donors (Lipinski definition) is 2. The molecule has 2 heterocycles. The quantitative estimate of drug-likeness (QED) is 0.637. The van der Waals surface area contributed by atoms with Gasteiger partial charge in [-0.15, -0.1) is 11.3 Å². The number of nitrogens with one attached hydrogen (secondary N) is 2. The number of anilines is 2. The molecule has 1 aromatic carbocycles. The second-order valence-corrected chi connectivity index (χ2v) is 8.90. The van der Waals surface area contributed by atoms with E-state index in [4.69, 9.17) is 0 Å². The van der Waals surface area contributed by atoms with Crippen LogP contribution in [-0.4, -0.2) is 19.9 Å². The number of nitrogens with zero attached hydrogens (tertiary/aromatic N) is 1. The van der Waals surface area contributed by atoms with Crippen molar-refractivity contribution in [1.82, 2.24) is 4.98 Å². The van der Waals surface area contributed by atoms with Gasteiger partial charge in [0, 0.05) is 11.4 Å². The summed E-state index contributed by atoms with van der Waals surface area (Å²) in [6.45, 7) is 2.50. The lowest BCUT2D eigenvalue weighted by atomic mass is 10.1. The number of rotatable bonds is 7. The molecule has 3 aromatic rings. The van der Waals surface area contributed by atoms with Crippen LogP contribution in [0.25, 0.3) is 0 Å². The molecule has 0 fully saturated rings. The number of pyridine rings is 1. The molecule has 0 saturated heterocycles. The van der Waals surface area contributed by atoms with Crippen molar-refractivity contribution in [2.45, 2.75) is 17.6 Å². The highest BCUT2D eigenvalue weighted by Gasteiger charge is 2.16. The number of benzene rings is 1. The van der Waals surface area contributed by atoms with Crippen LogP contribution in [0.5, 0.6) is 0 Å². The zero-order valence-corrected chi connectivity index (χ0v) is 15.7. The summed E-state index contributed by atoms with van der Waals surface area (Å²) < 4.78 is 40.2. The number of hydrogen-bond acceptors (Lipinski definition) is 5. The van der Waals surface area contributed by atoms with Crippen molar-refractivity contribution in [3.05, 3.63) is 71.0 Å². The van der Waals surface area contributed by atoms with Gasteiger partial charge >= 0.3 is 0 Å². The molecule has 5 nitrogen and oxygen atoms in total. The van der Waals surface area contributed by atoms with E-state index < -0.39 is 10.0 Å². The van der Waals surface area contributed by atoms with E-state index in [1.54, 1.807) is 36.4 Å². The van der Waals surface area contributed by atoms with Crippen LogP contribution in [0.2, 0.25) is 0 Å². The molecule has 0 spiro atoms. The third-order valence-corrected chi connectivity index (χ3v) is 6.50. The van der Waals surface area contributed by atoms with Crippen molar-refractivity contribution < 1.29 is 12.8 Å². The number of sulfonamides is 1. The maximum atomic E-state index is 12.9. The predicted octanol–water partition coefficient (Wildman–Crippen LogP) is 4.05. The van der Waals surface area contributed by atoms with E-state index in [0.717, 1.165) is 16.9 Å². The van der Waals surface area contributed by atoms with Crippen LogP contribution in [0, 0.1) is 12.7 Å². The Morgan fingerprint density at radius 1 is 1.08 bits per heavy atom. The van der Waals surface area contributed by atoms with Crippen molar-refractivity contribution in [2.75, 3.05) is 16.6 Å². The Kier molecular flexibility index (Phi) is 5.53. The summed E-state index contributed by atoms with van der Waals surface area (Å²) in [4.78, 5) is 5.15. The lowest BCUT2D eigenvalue weighted by molar-refractivity contribution is 0.603. The molecule has 3 rings (SSSR count). The zero-order chi connectivity index (χ0) is 18.6. The van der Waals surface area contributed by atoms with Crippen molar-refractivity contribution >= 4 is 32.9 Å². The predicted molar refractivity (Wildman–Crippen MR) is 103 cm³/mol. The van der Waals surface area contributed by atoms with Crippen molar-refractivity contribution in [1.29, 1.82) is 0 Å². The first kappa shape index (κ1) is 18.3. The first-order valence-electron chi connectivity index (χ1n) is 7.96. The van der Waals surface area contributed by atoms with E-state index in [-0.39, 0.29) is 10.0 Å². The minimum atomic E-state index is -3.58. The smallest absolute Gasteiger partial charge is 0.271 e. The Morgan fingerprint density at radius 2 is 1.85 bits per heavy atom. The molecule has 0 aliphatic carbocycles. The molecule has 8 heteroatoms. The van der Waals surface area contributed by atoms with Crippen molar-refractivity contribution in [3.63, 3.8) is 0 Å². The Bertz CT molecular complexity index is 968. The molecule has 0 amide bonds. The molecule has 2 aromatic heterocycles. The summed E-state index contributed by atoms with van der Waals surface area (Å²) >= 11 is 1.22. The molecule has 2 N–H and O–H groups in total. The summed E-state index contributed by atoms with van der Waals surface area (Å²) in [7, 11) is -3.58. The van der Waals surface area contributed by atoms with Crippen molar-refractivity contribution in [2.24, 2.45) is 0 Å². The molecule has 0 bridgehead atoms. The molecule has 0 radical (unpaired) electrons. The van der Waals surface area contributed by atoms with E-state index in [9.17, 15) is 12.8 Å². The number of aryl methyl sites for hydroxylation is 1. The first-order valence-corrected chi connectivity index (χ1v) is 10.3. The molecule has 0 aliphatic rings. The molecule has 0 unspecified atom stereocenters. The maximum Gasteiger partial charge on any atom is 0.271 e. The maximum absolute atomic E-state index is 12.9. The lowest BCUT2D eigenvalue weighted by Gasteiger charge is -2.08. The third kappa shape index (κ3) is 4.80. The fourth-order valence-electron chi connectivity index (χ4n) is 2.31. The second-order valence-electron chi connectivity index (χ2n) is 5.71. The highest BCUT2D eigenvalue weighted by atomic mass is 32.2. The zero-order valence-electron chi connectivity index (χ0n) is 14.1. The molecular weight excluding hydrogens is 373 g/mol. The fraction of sp³-hybridized carbons (Fsp3) is 0.167. The minimum absolute atomic E-state index is 0.251. The first-order chi connectivity index (χ1) is 12.4. The highest BCUT2D eigenvalue weighted by Crippen LogP contribution is 2.23. The van der Waals surface area contributed by atoms with E-state index >= 15 is 0 Å². The van der Waals surface area contributed by atoms with Crippen LogP contribution in [-0.2, 0) is 16.4 Å². The van der Waals surface area contributed by atoms with Gasteiger partial charge in [-0.25, -0.2) is 17.8 Å². The molecule has 0 atom stereocenters.